The van der Waals surface area contributed by atoms with Gasteiger partial charge in [-0.25, -0.2) is 4.98 Å². The maximum absolute atomic E-state index is 12.8. The van der Waals surface area contributed by atoms with Crippen LogP contribution in [-0.4, -0.2) is 32.8 Å². The van der Waals surface area contributed by atoms with E-state index in [0.29, 0.717) is 53.6 Å². The zero-order chi connectivity index (χ0) is 18.6. The predicted octanol–water partition coefficient (Wildman–Crippen LogP) is 4.00. The number of halogens is 2. The molecule has 0 aliphatic carbocycles. The molecule has 0 fully saturated rings. The summed E-state index contributed by atoms with van der Waals surface area (Å²) in [7, 11) is 0. The van der Waals surface area contributed by atoms with Crippen molar-refractivity contribution in [1.29, 1.82) is 0 Å². The van der Waals surface area contributed by atoms with Crippen LogP contribution in [0.2, 0.25) is 5.02 Å². The Balaban J connectivity index is 2.53. The number of carbonyl (C=O) groups is 1. The molecule has 0 spiro atoms. The minimum absolute atomic E-state index is 0.0127. The molecule has 0 bridgehead atoms. The second-order valence-electron chi connectivity index (χ2n) is 5.83. The number of hydrogen-bond donors (Lipinski definition) is 0. The van der Waals surface area contributed by atoms with Gasteiger partial charge in [0.25, 0.3) is 5.56 Å². The summed E-state index contributed by atoms with van der Waals surface area (Å²) in [5.74, 6) is 1.03. The van der Waals surface area contributed by atoms with E-state index in [0.717, 1.165) is 0 Å². The van der Waals surface area contributed by atoms with Gasteiger partial charge >= 0.3 is 0 Å². The van der Waals surface area contributed by atoms with Gasteiger partial charge in [-0.2, -0.15) is 0 Å². The number of fused-ring (bicyclic) bond motifs is 1. The first-order valence-electron chi connectivity index (χ1n) is 8.50. The molecule has 7 heteroatoms. The summed E-state index contributed by atoms with van der Waals surface area (Å²) >= 11 is 11.7. The number of alkyl halides is 1. The lowest BCUT2D eigenvalue weighted by atomic mass is 10.2. The van der Waals surface area contributed by atoms with Crippen LogP contribution in [0.15, 0.2) is 23.0 Å². The molecule has 0 saturated heterocycles. The largest absolute Gasteiger partial charge is 0.333 e. The molecule has 0 radical (unpaired) electrons. The van der Waals surface area contributed by atoms with Gasteiger partial charge in [0.1, 0.15) is 5.82 Å². The van der Waals surface area contributed by atoms with E-state index in [1.165, 1.54) is 0 Å². The molecule has 1 atom stereocenters. The van der Waals surface area contributed by atoms with Crippen molar-refractivity contribution < 1.29 is 4.79 Å². The zero-order valence-corrected chi connectivity index (χ0v) is 16.3. The second-order valence-corrected chi connectivity index (χ2v) is 6.64. The molecule has 5 nitrogen and oxygen atoms in total. The lowest BCUT2D eigenvalue weighted by Gasteiger charge is -2.29. The lowest BCUT2D eigenvalue weighted by Crippen LogP contribution is -2.37. The van der Waals surface area contributed by atoms with E-state index in [1.807, 2.05) is 20.8 Å². The highest BCUT2D eigenvalue weighted by atomic mass is 35.5. The van der Waals surface area contributed by atoms with Crippen molar-refractivity contribution in [2.75, 3.05) is 12.4 Å². The highest BCUT2D eigenvalue weighted by Gasteiger charge is 2.24. The Hall–Kier alpha value is -1.59. The third kappa shape index (κ3) is 4.15. The highest BCUT2D eigenvalue weighted by molar-refractivity contribution is 6.31. The van der Waals surface area contributed by atoms with E-state index in [-0.39, 0.29) is 17.5 Å². The Labute approximate surface area is 157 Å². The summed E-state index contributed by atoms with van der Waals surface area (Å²) < 4.78 is 1.62. The fraction of sp³-hybridized carbons (Fsp3) is 0.500. The fourth-order valence-corrected chi connectivity index (χ4v) is 3.30. The summed E-state index contributed by atoms with van der Waals surface area (Å²) in [6.07, 6.45) is 1.02. The van der Waals surface area contributed by atoms with Crippen molar-refractivity contribution in [3.05, 3.63) is 39.4 Å². The van der Waals surface area contributed by atoms with Gasteiger partial charge in [-0.1, -0.05) is 11.6 Å². The van der Waals surface area contributed by atoms with Gasteiger partial charge in [-0.3, -0.25) is 14.2 Å². The number of amides is 1. The predicted molar refractivity (Wildman–Crippen MR) is 102 cm³/mol. The van der Waals surface area contributed by atoms with Crippen LogP contribution in [0.4, 0.5) is 0 Å². The number of rotatable bonds is 7. The lowest BCUT2D eigenvalue weighted by molar-refractivity contribution is -0.133. The highest BCUT2D eigenvalue weighted by Crippen LogP contribution is 2.22. The van der Waals surface area contributed by atoms with Crippen LogP contribution in [0, 0.1) is 0 Å². The van der Waals surface area contributed by atoms with Crippen LogP contribution in [0.1, 0.15) is 45.5 Å². The Morgan fingerprint density at radius 1 is 1.36 bits per heavy atom. The Morgan fingerprint density at radius 2 is 2.08 bits per heavy atom. The number of nitrogens with zero attached hydrogens (tertiary/aromatic N) is 3. The normalized spacial score (nSPS) is 12.4. The summed E-state index contributed by atoms with van der Waals surface area (Å²) in [4.78, 5) is 31.7. The van der Waals surface area contributed by atoms with Gasteiger partial charge in [0, 0.05) is 30.4 Å². The molecule has 2 rings (SSSR count). The van der Waals surface area contributed by atoms with Crippen molar-refractivity contribution in [1.82, 2.24) is 14.5 Å². The molecule has 1 unspecified atom stereocenters. The molecular weight excluding hydrogens is 361 g/mol. The molecule has 1 aromatic heterocycles. The van der Waals surface area contributed by atoms with Crippen molar-refractivity contribution in [2.45, 2.75) is 46.2 Å². The topological polar surface area (TPSA) is 55.2 Å². The van der Waals surface area contributed by atoms with E-state index < -0.39 is 0 Å². The number of hydrogen-bond acceptors (Lipinski definition) is 3. The van der Waals surface area contributed by atoms with Gasteiger partial charge in [0.05, 0.1) is 16.9 Å². The molecule has 1 heterocycles. The molecular formula is C18H23Cl2N3O2. The fourth-order valence-electron chi connectivity index (χ4n) is 3.00. The Kier molecular flexibility index (Phi) is 6.85. The third-order valence-electron chi connectivity index (χ3n) is 4.29. The van der Waals surface area contributed by atoms with Crippen molar-refractivity contribution in [3.63, 3.8) is 0 Å². The van der Waals surface area contributed by atoms with Gasteiger partial charge in [0.15, 0.2) is 0 Å². The molecule has 25 heavy (non-hydrogen) atoms. The molecule has 0 N–H and O–H groups in total. The van der Waals surface area contributed by atoms with E-state index >= 15 is 0 Å². The van der Waals surface area contributed by atoms with Crippen LogP contribution in [0.25, 0.3) is 10.9 Å². The van der Waals surface area contributed by atoms with Gasteiger partial charge < -0.3 is 4.90 Å². The molecule has 1 aromatic carbocycles. The minimum atomic E-state index is -0.316. The maximum atomic E-state index is 12.8. The van der Waals surface area contributed by atoms with Crippen molar-refractivity contribution in [3.8, 4) is 0 Å². The van der Waals surface area contributed by atoms with Crippen molar-refractivity contribution in [2.24, 2.45) is 0 Å². The van der Waals surface area contributed by atoms with Crippen LogP contribution in [-0.2, 0) is 11.3 Å². The first-order chi connectivity index (χ1) is 11.9. The van der Waals surface area contributed by atoms with Crippen molar-refractivity contribution >= 4 is 40.0 Å². The molecule has 1 amide bonds. The van der Waals surface area contributed by atoms with Gasteiger partial charge in [0.2, 0.25) is 5.91 Å². The van der Waals surface area contributed by atoms with E-state index in [4.69, 9.17) is 23.2 Å². The van der Waals surface area contributed by atoms with E-state index in [1.54, 1.807) is 27.7 Å². The first-order valence-corrected chi connectivity index (χ1v) is 9.41. The summed E-state index contributed by atoms with van der Waals surface area (Å²) in [5, 5.41) is 1.05. The second kappa shape index (κ2) is 8.68. The molecule has 0 aliphatic heterocycles. The zero-order valence-electron chi connectivity index (χ0n) is 14.8. The van der Waals surface area contributed by atoms with Crippen LogP contribution >= 0.6 is 23.2 Å². The monoisotopic (exact) mass is 383 g/mol. The average molecular weight is 384 g/mol. The Morgan fingerprint density at radius 3 is 2.68 bits per heavy atom. The molecule has 136 valence electrons. The summed E-state index contributed by atoms with van der Waals surface area (Å²) in [6.45, 7) is 6.73. The van der Waals surface area contributed by atoms with Gasteiger partial charge in [-0.05, 0) is 45.4 Å². The minimum Gasteiger partial charge on any atom is -0.333 e. The summed E-state index contributed by atoms with van der Waals surface area (Å²) in [6, 6.07) is 4.74. The molecule has 0 aliphatic rings. The summed E-state index contributed by atoms with van der Waals surface area (Å²) in [5.41, 5.74) is 0.434. The standard InChI is InChI=1S/C18H23Cl2N3O2/c1-4-22(16(24)7-6-10-19)12(3)17-21-15-11-13(20)8-9-14(15)18(25)23(17)5-2/h8-9,11-12H,4-7,10H2,1-3H3. The van der Waals surface area contributed by atoms with E-state index in [2.05, 4.69) is 4.98 Å². The number of carbonyl (C=O) groups excluding carboxylic acids is 1. The SMILES string of the molecule is CCN(C(=O)CCCCl)C(C)c1nc2cc(Cl)ccc2c(=O)n1CC. The number of aromatic nitrogens is 2. The van der Waals surface area contributed by atoms with Crippen LogP contribution < -0.4 is 5.56 Å². The van der Waals surface area contributed by atoms with Crippen LogP contribution in [0.3, 0.4) is 0 Å². The Bertz CT molecular complexity index is 820. The first kappa shape index (κ1) is 19.7. The molecule has 0 saturated carbocycles. The maximum Gasteiger partial charge on any atom is 0.261 e. The quantitative estimate of drug-likeness (QED) is 0.678. The smallest absolute Gasteiger partial charge is 0.261 e. The number of benzene rings is 1. The average Bonchev–Trinajstić information content (AvgIpc) is 2.59. The third-order valence-corrected chi connectivity index (χ3v) is 4.79. The van der Waals surface area contributed by atoms with Crippen LogP contribution in [0.5, 0.6) is 0 Å². The molecule has 2 aromatic rings. The van der Waals surface area contributed by atoms with Gasteiger partial charge in [-0.15, -0.1) is 11.6 Å². The van der Waals surface area contributed by atoms with E-state index in [9.17, 15) is 9.59 Å².